The fourth-order valence-corrected chi connectivity index (χ4v) is 2.78. The van der Waals surface area contributed by atoms with Crippen LogP contribution in [0.15, 0.2) is 47.4 Å². The minimum Gasteiger partial charge on any atom is -0.452 e. The number of amides is 1. The molecule has 0 aromatic heterocycles. The summed E-state index contributed by atoms with van der Waals surface area (Å²) in [6.45, 7) is 1.28. The van der Waals surface area contributed by atoms with Crippen molar-refractivity contribution in [1.82, 2.24) is 0 Å². The van der Waals surface area contributed by atoms with Gasteiger partial charge in [-0.1, -0.05) is 12.1 Å². The highest BCUT2D eigenvalue weighted by Gasteiger charge is 2.20. The van der Waals surface area contributed by atoms with Crippen LogP contribution in [0, 0.1) is 21.7 Å². The molecule has 0 aliphatic carbocycles. The second-order valence-electron chi connectivity index (χ2n) is 5.26. The molecule has 0 unspecified atom stereocenters. The Morgan fingerprint density at radius 1 is 1.26 bits per heavy atom. The maximum absolute atomic E-state index is 13.5. The first-order chi connectivity index (χ1) is 12.8. The van der Waals surface area contributed by atoms with E-state index in [2.05, 4.69) is 5.32 Å². The zero-order valence-electron chi connectivity index (χ0n) is 14.0. The summed E-state index contributed by atoms with van der Waals surface area (Å²) in [5.74, 6) is -3.59. The lowest BCUT2D eigenvalue weighted by molar-refractivity contribution is -0.387. The summed E-state index contributed by atoms with van der Waals surface area (Å²) in [5.41, 5.74) is -0.397. The van der Waals surface area contributed by atoms with Crippen LogP contribution in [0.4, 0.5) is 20.2 Å². The summed E-state index contributed by atoms with van der Waals surface area (Å²) in [4.78, 5) is 34.5. The number of hydrogen-bond donors (Lipinski definition) is 1. The molecule has 0 heterocycles. The predicted octanol–water partition coefficient (Wildman–Crippen LogP) is 3.54. The summed E-state index contributed by atoms with van der Waals surface area (Å²) < 4.78 is 31.3. The van der Waals surface area contributed by atoms with E-state index in [1.165, 1.54) is 25.1 Å². The molecule has 142 valence electrons. The number of benzene rings is 2. The molecule has 10 heteroatoms. The summed E-state index contributed by atoms with van der Waals surface area (Å²) in [5, 5.41) is 13.1. The van der Waals surface area contributed by atoms with Crippen LogP contribution >= 0.6 is 11.8 Å². The van der Waals surface area contributed by atoms with E-state index < -0.39 is 34.5 Å². The number of para-hydroxylation sites is 1. The standard InChI is InChI=1S/C17H14F2N2O5S/c1-10(17(23)20-13-7-6-11(18)8-12(13)19)26-16(22)9-27-15-5-3-2-4-14(15)21(24)25/h2-8,10H,9H2,1H3,(H,20,23)/t10-/m0/s1. The third kappa shape index (κ3) is 5.74. The third-order valence-electron chi connectivity index (χ3n) is 3.27. The highest BCUT2D eigenvalue weighted by molar-refractivity contribution is 8.00. The highest BCUT2D eigenvalue weighted by Crippen LogP contribution is 2.28. The highest BCUT2D eigenvalue weighted by atomic mass is 32.2. The van der Waals surface area contributed by atoms with Crippen LogP contribution in [0.3, 0.4) is 0 Å². The molecule has 1 N–H and O–H groups in total. The smallest absolute Gasteiger partial charge is 0.317 e. The van der Waals surface area contributed by atoms with Gasteiger partial charge in [0.05, 0.1) is 21.3 Å². The molecule has 1 amide bonds. The van der Waals surface area contributed by atoms with Crippen molar-refractivity contribution in [2.24, 2.45) is 0 Å². The van der Waals surface area contributed by atoms with Gasteiger partial charge in [-0.05, 0) is 25.1 Å². The lowest BCUT2D eigenvalue weighted by Gasteiger charge is -2.14. The molecule has 1 atom stereocenters. The van der Waals surface area contributed by atoms with Crippen molar-refractivity contribution in [1.29, 1.82) is 0 Å². The Morgan fingerprint density at radius 3 is 2.63 bits per heavy atom. The number of nitro benzene ring substituents is 1. The van der Waals surface area contributed by atoms with Gasteiger partial charge in [-0.25, -0.2) is 8.78 Å². The zero-order chi connectivity index (χ0) is 20.0. The third-order valence-corrected chi connectivity index (χ3v) is 4.31. The molecule has 7 nitrogen and oxygen atoms in total. The van der Waals surface area contributed by atoms with Crippen molar-refractivity contribution in [3.63, 3.8) is 0 Å². The Morgan fingerprint density at radius 2 is 1.96 bits per heavy atom. The van der Waals surface area contributed by atoms with Crippen LogP contribution in [-0.4, -0.2) is 28.7 Å². The van der Waals surface area contributed by atoms with Gasteiger partial charge in [0, 0.05) is 12.1 Å². The van der Waals surface area contributed by atoms with Crippen LogP contribution < -0.4 is 5.32 Å². The number of esters is 1. The van der Waals surface area contributed by atoms with Crippen molar-refractivity contribution in [2.45, 2.75) is 17.9 Å². The molecule has 0 fully saturated rings. The number of carbonyl (C=O) groups is 2. The molecule has 27 heavy (non-hydrogen) atoms. The molecular weight excluding hydrogens is 382 g/mol. The van der Waals surface area contributed by atoms with Crippen LogP contribution in [0.5, 0.6) is 0 Å². The minimum absolute atomic E-state index is 0.145. The van der Waals surface area contributed by atoms with E-state index in [0.717, 1.165) is 23.9 Å². The van der Waals surface area contributed by atoms with E-state index in [1.54, 1.807) is 6.07 Å². The Labute approximate surface area is 156 Å². The Bertz CT molecular complexity index is 878. The van der Waals surface area contributed by atoms with Crippen molar-refractivity contribution in [3.05, 3.63) is 64.2 Å². The Hall–Kier alpha value is -3.01. The number of anilines is 1. The number of halogens is 2. The molecule has 2 aromatic carbocycles. The van der Waals surface area contributed by atoms with Gasteiger partial charge in [0.1, 0.15) is 11.6 Å². The van der Waals surface area contributed by atoms with Crippen molar-refractivity contribution in [2.75, 3.05) is 11.1 Å². The topological polar surface area (TPSA) is 98.5 Å². The van der Waals surface area contributed by atoms with Crippen LogP contribution in [0.2, 0.25) is 0 Å². The van der Waals surface area contributed by atoms with Crippen LogP contribution in [0.1, 0.15) is 6.92 Å². The van der Waals surface area contributed by atoms with E-state index in [-0.39, 0.29) is 22.0 Å². The summed E-state index contributed by atoms with van der Waals surface area (Å²) in [6, 6.07) is 8.51. The van der Waals surface area contributed by atoms with E-state index >= 15 is 0 Å². The molecule has 0 bridgehead atoms. The largest absolute Gasteiger partial charge is 0.452 e. The number of nitro groups is 1. The Kier molecular flexibility index (Phi) is 6.83. The molecule has 0 aliphatic rings. The number of hydrogen-bond acceptors (Lipinski definition) is 6. The zero-order valence-corrected chi connectivity index (χ0v) is 14.8. The van der Waals surface area contributed by atoms with E-state index in [4.69, 9.17) is 4.74 Å². The molecular formula is C17H14F2N2O5S. The molecule has 0 radical (unpaired) electrons. The number of nitrogens with one attached hydrogen (secondary N) is 1. The fourth-order valence-electron chi connectivity index (χ4n) is 1.98. The molecule has 2 rings (SSSR count). The lowest BCUT2D eigenvalue weighted by atomic mass is 10.2. The monoisotopic (exact) mass is 396 g/mol. The Balaban J connectivity index is 1.89. The number of rotatable bonds is 7. The average molecular weight is 396 g/mol. The maximum atomic E-state index is 13.5. The first kappa shape index (κ1) is 20.3. The molecule has 2 aromatic rings. The first-order valence-corrected chi connectivity index (χ1v) is 8.58. The van der Waals surface area contributed by atoms with Crippen LogP contribution in [0.25, 0.3) is 0 Å². The van der Waals surface area contributed by atoms with Gasteiger partial charge in [-0.15, -0.1) is 11.8 Å². The lowest BCUT2D eigenvalue weighted by Crippen LogP contribution is -2.30. The van der Waals surface area contributed by atoms with Gasteiger partial charge in [-0.3, -0.25) is 19.7 Å². The molecule has 0 aliphatic heterocycles. The number of nitrogens with zero attached hydrogens (tertiary/aromatic N) is 1. The fraction of sp³-hybridized carbons (Fsp3) is 0.176. The number of ether oxygens (including phenoxy) is 1. The summed E-state index contributed by atoms with van der Waals surface area (Å²) in [7, 11) is 0. The van der Waals surface area contributed by atoms with Gasteiger partial charge in [0.2, 0.25) is 0 Å². The van der Waals surface area contributed by atoms with Crippen molar-refractivity contribution >= 4 is 35.0 Å². The summed E-state index contributed by atoms with van der Waals surface area (Å²) in [6.07, 6.45) is -1.24. The van der Waals surface area contributed by atoms with Crippen molar-refractivity contribution in [3.8, 4) is 0 Å². The SMILES string of the molecule is C[C@H](OC(=O)CSc1ccccc1[N+](=O)[O-])C(=O)Nc1ccc(F)cc1F. The van der Waals surface area contributed by atoms with Gasteiger partial charge in [0.25, 0.3) is 11.6 Å². The van der Waals surface area contributed by atoms with Gasteiger partial charge >= 0.3 is 5.97 Å². The molecule has 0 saturated heterocycles. The summed E-state index contributed by atoms with van der Waals surface area (Å²) >= 11 is 0.896. The van der Waals surface area contributed by atoms with E-state index in [1.807, 2.05) is 0 Å². The normalized spacial score (nSPS) is 11.5. The van der Waals surface area contributed by atoms with Crippen LogP contribution in [-0.2, 0) is 14.3 Å². The average Bonchev–Trinajstić information content (AvgIpc) is 2.62. The van der Waals surface area contributed by atoms with Gasteiger partial charge in [-0.2, -0.15) is 0 Å². The molecule has 0 saturated carbocycles. The van der Waals surface area contributed by atoms with Gasteiger partial charge in [0.15, 0.2) is 6.10 Å². The predicted molar refractivity (Wildman–Crippen MR) is 94.4 cm³/mol. The second-order valence-corrected chi connectivity index (χ2v) is 6.28. The number of thioether (sulfide) groups is 1. The van der Waals surface area contributed by atoms with E-state index in [0.29, 0.717) is 6.07 Å². The number of carbonyl (C=O) groups excluding carboxylic acids is 2. The minimum atomic E-state index is -1.24. The quantitative estimate of drug-likeness (QED) is 0.333. The second kappa shape index (κ2) is 9.08. The maximum Gasteiger partial charge on any atom is 0.317 e. The van der Waals surface area contributed by atoms with Gasteiger partial charge < -0.3 is 10.1 Å². The first-order valence-electron chi connectivity index (χ1n) is 7.59. The van der Waals surface area contributed by atoms with E-state index in [9.17, 15) is 28.5 Å². The van der Waals surface area contributed by atoms with Crippen molar-refractivity contribution < 1.29 is 28.0 Å². The molecule has 0 spiro atoms.